The van der Waals surface area contributed by atoms with Crippen LogP contribution in [0.25, 0.3) is 0 Å². The number of hydrogen-bond acceptors (Lipinski definition) is 0. The first-order valence-corrected chi connectivity index (χ1v) is 12.9. The molecule has 1 unspecified atom stereocenters. The fourth-order valence-corrected chi connectivity index (χ4v) is 3.97. The topological polar surface area (TPSA) is 0 Å². The second-order valence-corrected chi connectivity index (χ2v) is 10.6. The van der Waals surface area contributed by atoms with Gasteiger partial charge in [0, 0.05) is 0 Å². The lowest BCUT2D eigenvalue weighted by atomic mass is 9.84. The van der Waals surface area contributed by atoms with Crippen LogP contribution in [0.15, 0.2) is 60.2 Å². The molecule has 1 atom stereocenters. The Hall–Kier alpha value is -1.82. The minimum absolute atomic E-state index is 0.943. The summed E-state index contributed by atoms with van der Waals surface area (Å²) in [6.07, 6.45) is 12.3. The van der Waals surface area contributed by atoms with Gasteiger partial charge in [-0.1, -0.05) is 129 Å². The van der Waals surface area contributed by atoms with Crippen LogP contribution in [-0.4, -0.2) is 0 Å². The predicted octanol–water partition coefficient (Wildman–Crippen LogP) is 10.2. The van der Waals surface area contributed by atoms with E-state index in [1.807, 2.05) is 0 Å². The first-order chi connectivity index (χ1) is 15.2. The number of aryl methyl sites for hydroxylation is 4. The molecular weight excluding hydrogens is 384 g/mol. The van der Waals surface area contributed by atoms with Crippen LogP contribution < -0.4 is 0 Å². The van der Waals surface area contributed by atoms with Crippen LogP contribution in [0.5, 0.6) is 0 Å². The van der Waals surface area contributed by atoms with Crippen LogP contribution in [0.3, 0.4) is 0 Å². The van der Waals surface area contributed by atoms with Gasteiger partial charge in [-0.05, 0) is 71.6 Å². The largest absolute Gasteiger partial charge is 0.0853 e. The maximum atomic E-state index is 2.37. The number of benzene rings is 2. The van der Waals surface area contributed by atoms with Crippen LogP contribution in [-0.2, 0) is 0 Å². The molecule has 0 spiro atoms. The summed E-state index contributed by atoms with van der Waals surface area (Å²) in [5.41, 5.74) is 6.92. The van der Waals surface area contributed by atoms with E-state index in [2.05, 4.69) is 110 Å². The Kier molecular flexibility index (Phi) is 14.0. The molecule has 0 radical (unpaired) electrons. The van der Waals surface area contributed by atoms with Crippen LogP contribution in [0, 0.1) is 45.4 Å². The van der Waals surface area contributed by atoms with Gasteiger partial charge >= 0.3 is 0 Å². The highest BCUT2D eigenvalue weighted by Crippen LogP contribution is 2.27. The molecule has 0 heterocycles. The van der Waals surface area contributed by atoms with Crippen molar-refractivity contribution in [3.05, 3.63) is 82.4 Å². The van der Waals surface area contributed by atoms with E-state index < -0.39 is 0 Å². The zero-order valence-electron chi connectivity index (χ0n) is 22.4. The molecule has 0 nitrogen and oxygen atoms in total. The molecule has 0 aromatic heterocycles. The van der Waals surface area contributed by atoms with Crippen molar-refractivity contribution in [3.8, 4) is 0 Å². The number of hydrogen-bond donors (Lipinski definition) is 0. The first-order valence-electron chi connectivity index (χ1n) is 12.9. The number of allylic oxidation sites excluding steroid dienone is 2. The smallest absolute Gasteiger partial charge is 0.0320 e. The molecule has 32 heavy (non-hydrogen) atoms. The van der Waals surface area contributed by atoms with Gasteiger partial charge in [0.15, 0.2) is 0 Å². The molecular formula is C32H50. The highest BCUT2D eigenvalue weighted by atomic mass is 14.2. The van der Waals surface area contributed by atoms with Gasteiger partial charge in [0.05, 0.1) is 0 Å². The molecule has 0 heteroatoms. The van der Waals surface area contributed by atoms with Gasteiger partial charge in [0.2, 0.25) is 0 Å². The molecule has 2 aromatic carbocycles. The van der Waals surface area contributed by atoms with E-state index >= 15 is 0 Å². The summed E-state index contributed by atoms with van der Waals surface area (Å²) >= 11 is 0. The average molecular weight is 435 g/mol. The Morgan fingerprint density at radius 1 is 0.531 bits per heavy atom. The quantitative estimate of drug-likeness (QED) is 0.362. The lowest BCUT2D eigenvalue weighted by Crippen LogP contribution is -2.08. The Morgan fingerprint density at radius 2 is 0.969 bits per heavy atom. The Morgan fingerprint density at radius 3 is 1.25 bits per heavy atom. The maximum Gasteiger partial charge on any atom is -0.0320 e. The monoisotopic (exact) mass is 434 g/mol. The molecule has 1 fully saturated rings. The standard InChI is InChI=1S/C8H16.C8H14.2C8H10/c3*1-7-3-5-8(2)6-4-7;1-7-4-3-5-8(2)6-7/h7-8H,3-6H2,1-2H3;3,8H,4-6H2,1-2H3;2*3-6H,1-2H3. The molecule has 0 aliphatic heterocycles. The molecule has 4 rings (SSSR count). The van der Waals surface area contributed by atoms with Crippen molar-refractivity contribution in [1.82, 2.24) is 0 Å². The second kappa shape index (κ2) is 15.9. The Balaban J connectivity index is 0.000000213. The average Bonchev–Trinajstić information content (AvgIpc) is 2.76. The van der Waals surface area contributed by atoms with Gasteiger partial charge in [-0.2, -0.15) is 0 Å². The normalized spacial score (nSPS) is 22.0. The van der Waals surface area contributed by atoms with Crippen molar-refractivity contribution in [2.75, 3.05) is 0 Å². The van der Waals surface area contributed by atoms with Gasteiger partial charge in [-0.25, -0.2) is 0 Å². The second-order valence-electron chi connectivity index (χ2n) is 10.6. The van der Waals surface area contributed by atoms with Crippen molar-refractivity contribution in [2.45, 2.75) is 100 Å². The van der Waals surface area contributed by atoms with E-state index in [0.717, 1.165) is 17.8 Å². The minimum Gasteiger partial charge on any atom is -0.0853 e. The lowest BCUT2D eigenvalue weighted by molar-refractivity contribution is 0.308. The molecule has 178 valence electrons. The Bertz CT molecular complexity index is 709. The van der Waals surface area contributed by atoms with Crippen molar-refractivity contribution in [3.63, 3.8) is 0 Å². The van der Waals surface area contributed by atoms with Gasteiger partial charge < -0.3 is 0 Å². The van der Waals surface area contributed by atoms with Crippen molar-refractivity contribution in [1.29, 1.82) is 0 Å². The van der Waals surface area contributed by atoms with Gasteiger partial charge in [-0.3, -0.25) is 0 Å². The summed E-state index contributed by atoms with van der Waals surface area (Å²) in [4.78, 5) is 0. The van der Waals surface area contributed by atoms with Crippen molar-refractivity contribution < 1.29 is 0 Å². The Labute approximate surface area is 200 Å². The van der Waals surface area contributed by atoms with E-state index in [-0.39, 0.29) is 0 Å². The predicted molar refractivity (Wildman–Crippen MR) is 145 cm³/mol. The summed E-state index contributed by atoms with van der Waals surface area (Å²) in [5.74, 6) is 2.98. The van der Waals surface area contributed by atoms with E-state index in [0.29, 0.717) is 0 Å². The van der Waals surface area contributed by atoms with E-state index in [4.69, 9.17) is 0 Å². The molecule has 1 saturated carbocycles. The van der Waals surface area contributed by atoms with E-state index in [1.54, 1.807) is 5.57 Å². The third-order valence-corrected chi connectivity index (χ3v) is 6.60. The maximum absolute atomic E-state index is 2.37. The zero-order valence-corrected chi connectivity index (χ0v) is 22.4. The fourth-order valence-electron chi connectivity index (χ4n) is 3.97. The third kappa shape index (κ3) is 14.3. The van der Waals surface area contributed by atoms with Crippen LogP contribution in [0.4, 0.5) is 0 Å². The van der Waals surface area contributed by atoms with Gasteiger partial charge in [0.1, 0.15) is 0 Å². The number of rotatable bonds is 0. The zero-order chi connectivity index (χ0) is 23.9. The molecule has 2 aliphatic rings. The first kappa shape index (κ1) is 28.2. The highest BCUT2D eigenvalue weighted by Gasteiger charge is 2.13. The highest BCUT2D eigenvalue weighted by molar-refractivity contribution is 5.20. The molecule has 0 N–H and O–H groups in total. The lowest BCUT2D eigenvalue weighted by Gasteiger charge is -2.22. The minimum atomic E-state index is 0.943. The molecule has 2 aliphatic carbocycles. The molecule has 0 amide bonds. The van der Waals surface area contributed by atoms with Crippen LogP contribution in [0.2, 0.25) is 0 Å². The summed E-state index contributed by atoms with van der Waals surface area (Å²) in [7, 11) is 0. The van der Waals surface area contributed by atoms with Gasteiger partial charge in [0.25, 0.3) is 0 Å². The molecule has 2 aromatic rings. The van der Waals surface area contributed by atoms with Crippen LogP contribution in [0.1, 0.15) is 94.9 Å². The summed E-state index contributed by atoms with van der Waals surface area (Å²) in [6.45, 7) is 17.7. The summed E-state index contributed by atoms with van der Waals surface area (Å²) < 4.78 is 0. The van der Waals surface area contributed by atoms with Gasteiger partial charge in [-0.15, -0.1) is 0 Å². The fraction of sp³-hybridized carbons (Fsp3) is 0.562. The van der Waals surface area contributed by atoms with E-state index in [9.17, 15) is 0 Å². The molecule has 0 bridgehead atoms. The third-order valence-electron chi connectivity index (χ3n) is 6.60. The summed E-state index contributed by atoms with van der Waals surface area (Å²) in [5, 5.41) is 0. The van der Waals surface area contributed by atoms with Crippen LogP contribution >= 0.6 is 0 Å². The van der Waals surface area contributed by atoms with E-state index in [1.165, 1.54) is 67.2 Å². The SMILES string of the molecule is CC1=CCC(C)CC1.CC1CCC(C)CC1.Cc1ccc(C)cc1.Cc1cccc(C)c1. The van der Waals surface area contributed by atoms with Crippen molar-refractivity contribution >= 4 is 0 Å². The molecule has 0 saturated heterocycles. The van der Waals surface area contributed by atoms with Crippen molar-refractivity contribution in [2.24, 2.45) is 17.8 Å². The summed E-state index contributed by atoms with van der Waals surface area (Å²) in [6, 6.07) is 16.9.